The van der Waals surface area contributed by atoms with E-state index in [1.54, 1.807) is 11.3 Å². The van der Waals surface area contributed by atoms with E-state index in [1.807, 2.05) is 0 Å². The van der Waals surface area contributed by atoms with Gasteiger partial charge >= 0.3 is 0 Å². The molecule has 2 aromatic heterocycles. The fourth-order valence-electron chi connectivity index (χ4n) is 2.27. The van der Waals surface area contributed by atoms with Gasteiger partial charge in [0.1, 0.15) is 5.82 Å². The van der Waals surface area contributed by atoms with Crippen molar-refractivity contribution >= 4 is 33.6 Å². The number of nitrogens with one attached hydrogen (secondary N) is 1. The number of fused-ring (bicyclic) bond motifs is 1. The van der Waals surface area contributed by atoms with Gasteiger partial charge in [0.2, 0.25) is 0 Å². The molecule has 90 valence electrons. The third-order valence-corrected chi connectivity index (χ3v) is 4.51. The van der Waals surface area contributed by atoms with Gasteiger partial charge in [-0.15, -0.1) is 11.3 Å². The van der Waals surface area contributed by atoms with Gasteiger partial charge in [0.05, 0.1) is 5.69 Å². The van der Waals surface area contributed by atoms with Crippen molar-refractivity contribution in [3.63, 3.8) is 0 Å². The second kappa shape index (κ2) is 3.76. The van der Waals surface area contributed by atoms with Crippen LogP contribution in [0.25, 0.3) is 15.8 Å². The molecule has 1 aliphatic rings. The summed E-state index contributed by atoms with van der Waals surface area (Å²) in [6, 6.07) is 8.60. The zero-order chi connectivity index (χ0) is 12.1. The summed E-state index contributed by atoms with van der Waals surface area (Å²) >= 11 is 7.11. The summed E-state index contributed by atoms with van der Waals surface area (Å²) in [4.78, 5) is 0. The van der Waals surface area contributed by atoms with Gasteiger partial charge in [-0.2, -0.15) is 5.10 Å². The highest BCUT2D eigenvalue weighted by Crippen LogP contribution is 2.40. The fraction of sp³-hybridized carbons (Fsp3) is 0.231. The number of thiophene rings is 1. The monoisotopic (exact) mass is 273 g/mol. The van der Waals surface area contributed by atoms with E-state index in [-0.39, 0.29) is 0 Å². The lowest BCUT2D eigenvalue weighted by atomic mass is 10.2. The molecule has 0 spiro atoms. The van der Waals surface area contributed by atoms with E-state index in [1.165, 1.54) is 22.9 Å². The molecule has 0 amide bonds. The Labute approximate surface area is 113 Å². The van der Waals surface area contributed by atoms with Crippen LogP contribution in [0, 0.1) is 4.77 Å². The molecule has 3 nitrogen and oxygen atoms in total. The van der Waals surface area contributed by atoms with Crippen molar-refractivity contribution < 1.29 is 0 Å². The molecule has 0 saturated heterocycles. The van der Waals surface area contributed by atoms with Gasteiger partial charge in [0, 0.05) is 10.6 Å². The van der Waals surface area contributed by atoms with Crippen LogP contribution in [0.1, 0.15) is 24.6 Å². The highest BCUT2D eigenvalue weighted by atomic mass is 32.1. The Balaban J connectivity index is 1.95. The number of aromatic nitrogens is 3. The first-order valence-corrected chi connectivity index (χ1v) is 7.27. The average Bonchev–Trinajstić information content (AvgIpc) is 2.99. The van der Waals surface area contributed by atoms with Crippen molar-refractivity contribution in [3.05, 3.63) is 40.2 Å². The summed E-state index contributed by atoms with van der Waals surface area (Å²) in [6.45, 7) is 0. The number of benzene rings is 1. The lowest BCUT2D eigenvalue weighted by molar-refractivity contribution is 0.870. The second-order valence-electron chi connectivity index (χ2n) is 4.64. The average molecular weight is 273 g/mol. The summed E-state index contributed by atoms with van der Waals surface area (Å²) in [5.74, 6) is 1.66. The minimum Gasteiger partial charge on any atom is -0.272 e. The molecule has 0 bridgehead atoms. The summed E-state index contributed by atoms with van der Waals surface area (Å²) < 4.78 is 4.07. The van der Waals surface area contributed by atoms with Gasteiger partial charge in [-0.3, -0.25) is 9.67 Å². The third kappa shape index (κ3) is 1.54. The predicted octanol–water partition coefficient (Wildman–Crippen LogP) is 4.02. The van der Waals surface area contributed by atoms with Crippen molar-refractivity contribution in [2.75, 3.05) is 0 Å². The van der Waals surface area contributed by atoms with Crippen molar-refractivity contribution in [2.24, 2.45) is 0 Å². The predicted molar refractivity (Wildman–Crippen MR) is 76.1 cm³/mol. The summed E-state index contributed by atoms with van der Waals surface area (Å²) in [7, 11) is 0. The third-order valence-electron chi connectivity index (χ3n) is 3.33. The number of H-pyrrole nitrogens is 1. The van der Waals surface area contributed by atoms with E-state index in [4.69, 9.17) is 12.2 Å². The molecule has 5 heteroatoms. The zero-order valence-corrected chi connectivity index (χ0v) is 11.2. The number of rotatable bonds is 2. The van der Waals surface area contributed by atoms with Gasteiger partial charge < -0.3 is 0 Å². The van der Waals surface area contributed by atoms with Crippen LogP contribution >= 0.6 is 23.6 Å². The quantitative estimate of drug-likeness (QED) is 0.715. The lowest BCUT2D eigenvalue weighted by Gasteiger charge is -2.06. The fourth-order valence-corrected chi connectivity index (χ4v) is 3.28. The first-order chi connectivity index (χ1) is 8.83. The van der Waals surface area contributed by atoms with E-state index in [2.05, 4.69) is 44.4 Å². The molecule has 2 heterocycles. The topological polar surface area (TPSA) is 33.6 Å². The highest BCUT2D eigenvalue weighted by Gasteiger charge is 2.29. The first-order valence-electron chi connectivity index (χ1n) is 5.98. The Kier molecular flexibility index (Phi) is 2.19. The minimum atomic E-state index is 0.580. The molecule has 1 saturated carbocycles. The molecule has 1 fully saturated rings. The highest BCUT2D eigenvalue weighted by molar-refractivity contribution is 7.71. The Bertz CT molecular complexity index is 777. The minimum absolute atomic E-state index is 0.580. The molecule has 4 rings (SSSR count). The maximum Gasteiger partial charge on any atom is 0.199 e. The molecule has 18 heavy (non-hydrogen) atoms. The van der Waals surface area contributed by atoms with E-state index < -0.39 is 0 Å². The van der Waals surface area contributed by atoms with E-state index in [0.29, 0.717) is 10.7 Å². The van der Waals surface area contributed by atoms with Crippen molar-refractivity contribution in [1.82, 2.24) is 14.8 Å². The van der Waals surface area contributed by atoms with Gasteiger partial charge in [-0.05, 0) is 60.1 Å². The molecule has 1 aromatic carbocycles. The summed E-state index contributed by atoms with van der Waals surface area (Å²) in [5.41, 5.74) is 1.11. The van der Waals surface area contributed by atoms with Crippen LogP contribution < -0.4 is 0 Å². The molecule has 1 aliphatic carbocycles. The van der Waals surface area contributed by atoms with Crippen LogP contribution in [0.3, 0.4) is 0 Å². The van der Waals surface area contributed by atoms with Crippen molar-refractivity contribution in [3.8, 4) is 5.69 Å². The smallest absolute Gasteiger partial charge is 0.199 e. The summed E-state index contributed by atoms with van der Waals surface area (Å²) in [5, 5.41) is 10.7. The van der Waals surface area contributed by atoms with Crippen molar-refractivity contribution in [1.29, 1.82) is 0 Å². The second-order valence-corrected chi connectivity index (χ2v) is 5.97. The molecule has 3 aromatic rings. The van der Waals surface area contributed by atoms with Crippen LogP contribution in [0.5, 0.6) is 0 Å². The first kappa shape index (κ1) is 10.5. The Hall–Kier alpha value is -1.46. The van der Waals surface area contributed by atoms with Gasteiger partial charge in [-0.1, -0.05) is 0 Å². The number of aromatic amines is 1. The van der Waals surface area contributed by atoms with Crippen LogP contribution in [0.15, 0.2) is 29.6 Å². The Morgan fingerprint density at radius 3 is 3.06 bits per heavy atom. The SMILES string of the molecule is S=c1[nH]nc(C2CC2)n1-c1ccc2sccc2c1. The standard InChI is InChI=1S/C13H11N3S2/c17-13-15-14-12(8-1-2-8)16(13)10-3-4-11-9(7-10)5-6-18-11/h3-8H,1-2H2,(H,15,17). The van der Waals surface area contributed by atoms with Crippen LogP contribution in [0.4, 0.5) is 0 Å². The van der Waals surface area contributed by atoms with E-state index in [0.717, 1.165) is 11.5 Å². The molecule has 0 unspecified atom stereocenters. The van der Waals surface area contributed by atoms with Crippen LogP contribution in [-0.4, -0.2) is 14.8 Å². The Morgan fingerprint density at radius 1 is 1.33 bits per heavy atom. The maximum atomic E-state index is 5.35. The lowest BCUT2D eigenvalue weighted by Crippen LogP contribution is -1.99. The molecular weight excluding hydrogens is 262 g/mol. The molecule has 0 atom stereocenters. The van der Waals surface area contributed by atoms with E-state index >= 15 is 0 Å². The number of nitrogens with zero attached hydrogens (tertiary/aromatic N) is 2. The maximum absolute atomic E-state index is 5.35. The zero-order valence-electron chi connectivity index (χ0n) is 9.59. The molecule has 1 N–H and O–H groups in total. The molecular formula is C13H11N3S2. The molecule has 0 radical (unpaired) electrons. The summed E-state index contributed by atoms with van der Waals surface area (Å²) in [6.07, 6.45) is 2.45. The Morgan fingerprint density at radius 2 is 2.22 bits per heavy atom. The van der Waals surface area contributed by atoms with Gasteiger partial charge in [0.25, 0.3) is 0 Å². The van der Waals surface area contributed by atoms with Crippen LogP contribution in [0.2, 0.25) is 0 Å². The largest absolute Gasteiger partial charge is 0.272 e. The van der Waals surface area contributed by atoms with Crippen molar-refractivity contribution in [2.45, 2.75) is 18.8 Å². The number of hydrogen-bond acceptors (Lipinski definition) is 3. The number of hydrogen-bond donors (Lipinski definition) is 1. The molecule has 0 aliphatic heterocycles. The van der Waals surface area contributed by atoms with Gasteiger partial charge in [-0.25, -0.2) is 0 Å². The van der Waals surface area contributed by atoms with Crippen LogP contribution in [-0.2, 0) is 0 Å². The van der Waals surface area contributed by atoms with E-state index in [9.17, 15) is 0 Å². The van der Waals surface area contributed by atoms with Gasteiger partial charge in [0.15, 0.2) is 4.77 Å². The normalized spacial score (nSPS) is 15.3.